The number of rotatable bonds is 2. The highest BCUT2D eigenvalue weighted by atomic mass is 16.6. The molecule has 2 bridgehead atoms. The van der Waals surface area contributed by atoms with Crippen LogP contribution in [0.3, 0.4) is 0 Å². The summed E-state index contributed by atoms with van der Waals surface area (Å²) in [7, 11) is 0. The lowest BCUT2D eigenvalue weighted by Gasteiger charge is -2.54. The number of aliphatic hydroxyl groups is 1. The number of aldehydes is 1. The van der Waals surface area contributed by atoms with Gasteiger partial charge in [-0.15, -0.1) is 0 Å². The standard InChI is InChI=1S/C20H30O3/c1-12-4-5-15-14(11-21)16(7-9-19(12,15)2)20(3)8-6-13-10-17(20)18(22)23-13/h11,13-18,22H,1,4-10H2,2-3H3/t13-,14-,15-,16-,17+,18?,19+,20+/m0/s1. The molecule has 1 unspecified atom stereocenters. The predicted molar refractivity (Wildman–Crippen MR) is 88.6 cm³/mol. The summed E-state index contributed by atoms with van der Waals surface area (Å²) < 4.78 is 5.72. The Morgan fingerprint density at radius 1 is 1.17 bits per heavy atom. The number of ether oxygens (including phenoxy) is 1. The number of hydrogen-bond acceptors (Lipinski definition) is 3. The van der Waals surface area contributed by atoms with E-state index in [0.29, 0.717) is 11.8 Å². The second-order valence-corrected chi connectivity index (χ2v) is 9.06. The summed E-state index contributed by atoms with van der Waals surface area (Å²) in [5.41, 5.74) is 1.54. The topological polar surface area (TPSA) is 46.5 Å². The first-order chi connectivity index (χ1) is 10.9. The minimum absolute atomic E-state index is 0.0310. The molecule has 0 aromatic carbocycles. The van der Waals surface area contributed by atoms with Gasteiger partial charge in [0.1, 0.15) is 6.29 Å². The summed E-state index contributed by atoms with van der Waals surface area (Å²) in [5, 5.41) is 10.4. The van der Waals surface area contributed by atoms with Crippen LogP contribution in [-0.4, -0.2) is 23.8 Å². The van der Waals surface area contributed by atoms with Crippen molar-refractivity contribution >= 4 is 6.29 Å². The van der Waals surface area contributed by atoms with Gasteiger partial charge in [0.05, 0.1) is 6.10 Å². The van der Waals surface area contributed by atoms with E-state index in [4.69, 9.17) is 4.74 Å². The number of carbonyl (C=O) groups excluding carboxylic acids is 1. The van der Waals surface area contributed by atoms with Crippen LogP contribution in [0.15, 0.2) is 12.2 Å². The van der Waals surface area contributed by atoms with E-state index in [-0.39, 0.29) is 28.8 Å². The SMILES string of the molecule is C=C1CC[C@H]2[C@H](C=O)[C@@H]([C@@]3(C)CC[C@H]4C[C@@H]3C(O)O4)CC[C@]12C. The Hall–Kier alpha value is -0.670. The van der Waals surface area contributed by atoms with Crippen LogP contribution in [0.25, 0.3) is 0 Å². The maximum absolute atomic E-state index is 12.1. The second-order valence-electron chi connectivity index (χ2n) is 9.06. The van der Waals surface area contributed by atoms with Crippen LogP contribution < -0.4 is 0 Å². The zero-order valence-electron chi connectivity index (χ0n) is 14.5. The van der Waals surface area contributed by atoms with Crippen molar-refractivity contribution in [1.82, 2.24) is 0 Å². The van der Waals surface area contributed by atoms with Crippen molar-refractivity contribution in [3.05, 3.63) is 12.2 Å². The molecule has 0 radical (unpaired) electrons. The molecular weight excluding hydrogens is 288 g/mol. The molecule has 3 heteroatoms. The van der Waals surface area contributed by atoms with Crippen LogP contribution in [0.4, 0.5) is 0 Å². The van der Waals surface area contributed by atoms with E-state index < -0.39 is 6.29 Å². The van der Waals surface area contributed by atoms with Gasteiger partial charge in [-0.2, -0.15) is 0 Å². The van der Waals surface area contributed by atoms with Crippen molar-refractivity contribution in [3.63, 3.8) is 0 Å². The minimum atomic E-state index is -0.633. The van der Waals surface area contributed by atoms with Crippen molar-refractivity contribution in [2.75, 3.05) is 0 Å². The van der Waals surface area contributed by atoms with Crippen molar-refractivity contribution in [1.29, 1.82) is 0 Å². The molecule has 0 aromatic rings. The maximum Gasteiger partial charge on any atom is 0.158 e. The summed E-state index contributed by atoms with van der Waals surface area (Å²) in [4.78, 5) is 12.1. The Kier molecular flexibility index (Phi) is 3.55. The van der Waals surface area contributed by atoms with Crippen molar-refractivity contribution in [2.45, 2.75) is 71.2 Å². The summed E-state index contributed by atoms with van der Waals surface area (Å²) >= 11 is 0. The molecule has 23 heavy (non-hydrogen) atoms. The normalized spacial score (nSPS) is 55.7. The zero-order valence-corrected chi connectivity index (χ0v) is 14.5. The maximum atomic E-state index is 12.1. The molecule has 128 valence electrons. The fourth-order valence-electron chi connectivity index (χ4n) is 6.71. The van der Waals surface area contributed by atoms with Crippen molar-refractivity contribution < 1.29 is 14.6 Å². The zero-order chi connectivity index (χ0) is 16.4. The fourth-order valence-corrected chi connectivity index (χ4v) is 6.71. The predicted octanol–water partition coefficient (Wildman–Crippen LogP) is 3.71. The molecule has 1 heterocycles. The first-order valence-corrected chi connectivity index (χ1v) is 9.37. The van der Waals surface area contributed by atoms with Gasteiger partial charge in [-0.1, -0.05) is 26.0 Å². The lowest BCUT2D eigenvalue weighted by atomic mass is 9.50. The van der Waals surface area contributed by atoms with Crippen LogP contribution in [-0.2, 0) is 9.53 Å². The van der Waals surface area contributed by atoms with Gasteiger partial charge in [0.2, 0.25) is 0 Å². The monoisotopic (exact) mass is 318 g/mol. The molecular formula is C20H30O3. The van der Waals surface area contributed by atoms with Gasteiger partial charge in [0.25, 0.3) is 0 Å². The number of allylic oxidation sites excluding steroid dienone is 1. The van der Waals surface area contributed by atoms with Crippen LogP contribution >= 0.6 is 0 Å². The average molecular weight is 318 g/mol. The van der Waals surface area contributed by atoms with E-state index >= 15 is 0 Å². The molecule has 3 nitrogen and oxygen atoms in total. The Bertz CT molecular complexity index is 529. The summed E-state index contributed by atoms with van der Waals surface area (Å²) in [6, 6.07) is 0. The molecule has 0 spiro atoms. The van der Waals surface area contributed by atoms with Gasteiger partial charge >= 0.3 is 0 Å². The molecule has 0 aromatic heterocycles. The number of aliphatic hydroxyl groups excluding tert-OH is 1. The number of fused-ring (bicyclic) bond motifs is 3. The number of hydrogen-bond donors (Lipinski definition) is 1. The minimum Gasteiger partial charge on any atom is -0.368 e. The molecule has 3 saturated carbocycles. The highest BCUT2D eigenvalue weighted by molar-refractivity contribution is 5.56. The molecule has 3 aliphatic carbocycles. The van der Waals surface area contributed by atoms with Gasteiger partial charge in [-0.3, -0.25) is 0 Å². The smallest absolute Gasteiger partial charge is 0.158 e. The highest BCUT2D eigenvalue weighted by Crippen LogP contribution is 2.64. The van der Waals surface area contributed by atoms with E-state index in [2.05, 4.69) is 20.4 Å². The van der Waals surface area contributed by atoms with E-state index in [9.17, 15) is 9.90 Å². The molecule has 8 atom stereocenters. The largest absolute Gasteiger partial charge is 0.368 e. The quantitative estimate of drug-likeness (QED) is 0.623. The molecule has 1 saturated heterocycles. The summed E-state index contributed by atoms with van der Waals surface area (Å²) in [6.07, 6.45) is 8.33. The van der Waals surface area contributed by atoms with Gasteiger partial charge in [-0.25, -0.2) is 0 Å². The fraction of sp³-hybridized carbons (Fsp3) is 0.850. The first kappa shape index (κ1) is 15.8. The van der Waals surface area contributed by atoms with Gasteiger partial charge in [0, 0.05) is 11.8 Å². The third kappa shape index (κ3) is 2.05. The van der Waals surface area contributed by atoms with Gasteiger partial charge < -0.3 is 14.6 Å². The molecule has 1 aliphatic heterocycles. The van der Waals surface area contributed by atoms with Gasteiger partial charge in [0.15, 0.2) is 6.29 Å². The number of carbonyl (C=O) groups is 1. The van der Waals surface area contributed by atoms with Crippen LogP contribution in [0.2, 0.25) is 0 Å². The molecule has 0 amide bonds. The Morgan fingerprint density at radius 3 is 2.70 bits per heavy atom. The van der Waals surface area contributed by atoms with E-state index in [1.165, 1.54) is 11.9 Å². The van der Waals surface area contributed by atoms with Crippen molar-refractivity contribution in [3.8, 4) is 0 Å². The molecule has 4 rings (SSSR count). The third-order valence-electron chi connectivity index (χ3n) is 8.34. The summed E-state index contributed by atoms with van der Waals surface area (Å²) in [6.45, 7) is 8.95. The Labute approximate surface area is 139 Å². The average Bonchev–Trinajstić information content (AvgIpc) is 3.01. The Balaban J connectivity index is 1.66. The second kappa shape index (κ2) is 5.16. The molecule has 4 fully saturated rings. The van der Waals surface area contributed by atoms with Gasteiger partial charge in [-0.05, 0) is 67.6 Å². The lowest BCUT2D eigenvalue weighted by molar-refractivity contribution is -0.139. The van der Waals surface area contributed by atoms with E-state index in [1.807, 2.05) is 0 Å². The van der Waals surface area contributed by atoms with E-state index in [0.717, 1.165) is 44.9 Å². The lowest BCUT2D eigenvalue weighted by Crippen LogP contribution is -2.50. The van der Waals surface area contributed by atoms with Crippen molar-refractivity contribution in [2.24, 2.45) is 34.5 Å². The molecule has 4 aliphatic rings. The van der Waals surface area contributed by atoms with Crippen LogP contribution in [0.1, 0.15) is 58.8 Å². The first-order valence-electron chi connectivity index (χ1n) is 9.37. The van der Waals surface area contributed by atoms with E-state index in [1.54, 1.807) is 0 Å². The van der Waals surface area contributed by atoms with Crippen LogP contribution in [0, 0.1) is 34.5 Å². The summed E-state index contributed by atoms with van der Waals surface area (Å²) in [5.74, 6) is 1.14. The Morgan fingerprint density at radius 2 is 1.96 bits per heavy atom. The third-order valence-corrected chi connectivity index (χ3v) is 8.34. The highest BCUT2D eigenvalue weighted by Gasteiger charge is 2.59. The van der Waals surface area contributed by atoms with Crippen LogP contribution in [0.5, 0.6) is 0 Å². The molecule has 1 N–H and O–H groups in total.